The van der Waals surface area contributed by atoms with Gasteiger partial charge < -0.3 is 15.3 Å². The van der Waals surface area contributed by atoms with Crippen molar-refractivity contribution in [2.45, 2.75) is 38.8 Å². The number of carbonyl (C=O) groups excluding carboxylic acids is 1. The Morgan fingerprint density at radius 3 is 2.68 bits per heavy atom. The molecule has 5 nitrogen and oxygen atoms in total. The Bertz CT molecular complexity index is 420. The SMILES string of the molecule is CCCC(NC(=O)N(C)C(C)C(=O)O)c1cccs1. The molecule has 1 heterocycles. The summed E-state index contributed by atoms with van der Waals surface area (Å²) in [5.41, 5.74) is 0. The van der Waals surface area contributed by atoms with Crippen LogP contribution in [-0.2, 0) is 4.79 Å². The van der Waals surface area contributed by atoms with E-state index in [9.17, 15) is 9.59 Å². The number of carboxylic acids is 1. The largest absolute Gasteiger partial charge is 0.480 e. The molecule has 1 aromatic heterocycles. The van der Waals surface area contributed by atoms with E-state index < -0.39 is 12.0 Å². The zero-order valence-electron chi connectivity index (χ0n) is 11.4. The van der Waals surface area contributed by atoms with E-state index in [4.69, 9.17) is 5.11 Å². The lowest BCUT2D eigenvalue weighted by molar-refractivity contribution is -0.141. The fraction of sp³-hybridized carbons (Fsp3) is 0.538. The molecule has 19 heavy (non-hydrogen) atoms. The first-order valence-electron chi connectivity index (χ1n) is 6.26. The van der Waals surface area contributed by atoms with E-state index in [0.29, 0.717) is 0 Å². The molecule has 2 amide bonds. The summed E-state index contributed by atoms with van der Waals surface area (Å²) in [6.45, 7) is 3.54. The fourth-order valence-electron chi connectivity index (χ4n) is 1.66. The minimum atomic E-state index is -1.01. The van der Waals surface area contributed by atoms with E-state index in [1.165, 1.54) is 18.9 Å². The average molecular weight is 284 g/mol. The second kappa shape index (κ2) is 7.13. The normalized spacial score (nSPS) is 13.6. The van der Waals surface area contributed by atoms with Crippen LogP contribution in [0.25, 0.3) is 0 Å². The number of amides is 2. The van der Waals surface area contributed by atoms with Crippen molar-refractivity contribution in [1.82, 2.24) is 10.2 Å². The number of hydrogen-bond donors (Lipinski definition) is 2. The van der Waals surface area contributed by atoms with E-state index in [1.807, 2.05) is 17.5 Å². The van der Waals surface area contributed by atoms with Crippen LogP contribution in [0.15, 0.2) is 17.5 Å². The standard InChI is InChI=1S/C13H20N2O3S/c1-4-6-10(11-7-5-8-19-11)14-13(18)15(3)9(2)12(16)17/h5,7-10H,4,6H2,1-3H3,(H,14,18)(H,16,17). The van der Waals surface area contributed by atoms with Crippen LogP contribution in [0.1, 0.15) is 37.6 Å². The maximum atomic E-state index is 12.0. The third-order valence-corrected chi connectivity index (χ3v) is 4.01. The van der Waals surface area contributed by atoms with Gasteiger partial charge in [0.25, 0.3) is 0 Å². The second-order valence-corrected chi connectivity index (χ2v) is 5.41. The number of thiophene rings is 1. The van der Waals surface area contributed by atoms with Crippen molar-refractivity contribution in [2.75, 3.05) is 7.05 Å². The predicted molar refractivity (Wildman–Crippen MR) is 75.4 cm³/mol. The van der Waals surface area contributed by atoms with E-state index in [-0.39, 0.29) is 12.1 Å². The third-order valence-electron chi connectivity index (χ3n) is 3.02. The number of aliphatic carboxylic acids is 1. The molecule has 1 aromatic rings. The summed E-state index contributed by atoms with van der Waals surface area (Å²) in [5.74, 6) is -1.01. The molecule has 0 fully saturated rings. The van der Waals surface area contributed by atoms with Gasteiger partial charge in [-0.2, -0.15) is 0 Å². The highest BCUT2D eigenvalue weighted by molar-refractivity contribution is 7.10. The number of likely N-dealkylation sites (N-methyl/N-ethyl adjacent to an activating group) is 1. The molecule has 1 rings (SSSR count). The fourth-order valence-corrected chi connectivity index (χ4v) is 2.47. The molecule has 0 saturated carbocycles. The van der Waals surface area contributed by atoms with Crippen LogP contribution < -0.4 is 5.32 Å². The van der Waals surface area contributed by atoms with Crippen molar-refractivity contribution < 1.29 is 14.7 Å². The molecule has 0 aliphatic rings. The van der Waals surface area contributed by atoms with Crippen LogP contribution in [0.4, 0.5) is 4.79 Å². The summed E-state index contributed by atoms with van der Waals surface area (Å²) in [6, 6.07) is 2.66. The van der Waals surface area contributed by atoms with Crippen LogP contribution in [0.5, 0.6) is 0 Å². The van der Waals surface area contributed by atoms with E-state index in [0.717, 1.165) is 17.7 Å². The van der Waals surface area contributed by atoms with Crippen molar-refractivity contribution in [1.29, 1.82) is 0 Å². The van der Waals surface area contributed by atoms with Gasteiger partial charge in [0, 0.05) is 11.9 Å². The van der Waals surface area contributed by atoms with Crippen LogP contribution >= 0.6 is 11.3 Å². The van der Waals surface area contributed by atoms with Crippen molar-refractivity contribution in [3.63, 3.8) is 0 Å². The predicted octanol–water partition coefficient (Wildman–Crippen LogP) is 2.70. The van der Waals surface area contributed by atoms with E-state index in [1.54, 1.807) is 11.3 Å². The number of nitrogens with one attached hydrogen (secondary N) is 1. The Balaban J connectivity index is 2.69. The lowest BCUT2D eigenvalue weighted by Crippen LogP contribution is -2.46. The molecular weight excluding hydrogens is 264 g/mol. The average Bonchev–Trinajstić information content (AvgIpc) is 2.89. The highest BCUT2D eigenvalue weighted by Gasteiger charge is 2.24. The second-order valence-electron chi connectivity index (χ2n) is 4.43. The minimum absolute atomic E-state index is 0.0547. The van der Waals surface area contributed by atoms with Gasteiger partial charge in [0.05, 0.1) is 6.04 Å². The lowest BCUT2D eigenvalue weighted by atomic mass is 10.1. The van der Waals surface area contributed by atoms with Crippen molar-refractivity contribution >= 4 is 23.3 Å². The van der Waals surface area contributed by atoms with Crippen molar-refractivity contribution in [3.8, 4) is 0 Å². The number of rotatable bonds is 6. The zero-order chi connectivity index (χ0) is 14.4. The maximum Gasteiger partial charge on any atom is 0.326 e. The molecular formula is C13H20N2O3S. The highest BCUT2D eigenvalue weighted by Crippen LogP contribution is 2.23. The van der Waals surface area contributed by atoms with Crippen molar-refractivity contribution in [3.05, 3.63) is 22.4 Å². The molecule has 6 heteroatoms. The van der Waals surface area contributed by atoms with Gasteiger partial charge >= 0.3 is 12.0 Å². The monoisotopic (exact) mass is 284 g/mol. The Morgan fingerprint density at radius 1 is 1.53 bits per heavy atom. The van der Waals surface area contributed by atoms with Gasteiger partial charge in [0.2, 0.25) is 0 Å². The molecule has 2 unspecified atom stereocenters. The van der Waals surface area contributed by atoms with Gasteiger partial charge in [0.1, 0.15) is 6.04 Å². The van der Waals surface area contributed by atoms with E-state index in [2.05, 4.69) is 12.2 Å². The van der Waals surface area contributed by atoms with Gasteiger partial charge in [-0.1, -0.05) is 19.4 Å². The molecule has 0 bridgehead atoms. The molecule has 0 aliphatic heterocycles. The summed E-state index contributed by atoms with van der Waals surface area (Å²) in [7, 11) is 1.49. The van der Waals surface area contributed by atoms with Gasteiger partial charge in [0.15, 0.2) is 0 Å². The summed E-state index contributed by atoms with van der Waals surface area (Å²) >= 11 is 1.59. The first-order valence-corrected chi connectivity index (χ1v) is 7.14. The summed E-state index contributed by atoms with van der Waals surface area (Å²) in [5, 5.41) is 13.8. The van der Waals surface area contributed by atoms with Crippen LogP contribution in [0.2, 0.25) is 0 Å². The Labute approximate surface area is 117 Å². The van der Waals surface area contributed by atoms with Gasteiger partial charge in [-0.05, 0) is 24.8 Å². The van der Waals surface area contributed by atoms with Crippen molar-refractivity contribution in [2.24, 2.45) is 0 Å². The van der Waals surface area contributed by atoms with Gasteiger partial charge in [-0.3, -0.25) is 0 Å². The summed E-state index contributed by atoms with van der Waals surface area (Å²) < 4.78 is 0. The molecule has 106 valence electrons. The molecule has 0 aromatic carbocycles. The van der Waals surface area contributed by atoms with Crippen LogP contribution in [0, 0.1) is 0 Å². The minimum Gasteiger partial charge on any atom is -0.480 e. The lowest BCUT2D eigenvalue weighted by Gasteiger charge is -2.25. The summed E-state index contributed by atoms with van der Waals surface area (Å²) in [6.07, 6.45) is 1.78. The van der Waals surface area contributed by atoms with E-state index >= 15 is 0 Å². The maximum absolute atomic E-state index is 12.0. The highest BCUT2D eigenvalue weighted by atomic mass is 32.1. The van der Waals surface area contributed by atoms with Gasteiger partial charge in [-0.25, -0.2) is 9.59 Å². The smallest absolute Gasteiger partial charge is 0.326 e. The molecule has 0 saturated heterocycles. The van der Waals surface area contributed by atoms with Gasteiger partial charge in [-0.15, -0.1) is 11.3 Å². The van der Waals surface area contributed by atoms with Crippen LogP contribution in [0.3, 0.4) is 0 Å². The Hall–Kier alpha value is -1.56. The molecule has 2 atom stereocenters. The topological polar surface area (TPSA) is 69.6 Å². The number of urea groups is 1. The Morgan fingerprint density at radius 2 is 2.21 bits per heavy atom. The molecule has 0 spiro atoms. The van der Waals surface area contributed by atoms with Crippen LogP contribution in [-0.4, -0.2) is 35.1 Å². The summed E-state index contributed by atoms with van der Waals surface area (Å²) in [4.78, 5) is 25.2. The quantitative estimate of drug-likeness (QED) is 0.844. The third kappa shape index (κ3) is 4.24. The first-order chi connectivity index (χ1) is 8.97. The number of carbonyl (C=O) groups is 2. The Kier molecular flexibility index (Phi) is 5.82. The number of nitrogens with zero attached hydrogens (tertiary/aromatic N) is 1. The molecule has 0 radical (unpaired) electrons. The molecule has 2 N–H and O–H groups in total. The zero-order valence-corrected chi connectivity index (χ0v) is 12.2. The molecule has 0 aliphatic carbocycles. The number of carboxylic acid groups (broad SMARTS) is 1. The first kappa shape index (κ1) is 15.5. The number of hydrogen-bond acceptors (Lipinski definition) is 3.